The SMILES string of the molecule is C[C@H](OC(=O)c1ccc2c(c1)CCC(=O)N2)C(=O)N[C@H]1CCCc2ccccc21. The average Bonchev–Trinajstić information content (AvgIpc) is 2.73. The summed E-state index contributed by atoms with van der Waals surface area (Å²) < 4.78 is 5.40. The predicted octanol–water partition coefficient (Wildman–Crippen LogP) is 3.31. The third-order valence-electron chi connectivity index (χ3n) is 5.58. The summed E-state index contributed by atoms with van der Waals surface area (Å²) in [6.07, 6.45) is 2.99. The Hall–Kier alpha value is -3.15. The maximum atomic E-state index is 12.6. The van der Waals surface area contributed by atoms with E-state index in [1.807, 2.05) is 18.2 Å². The van der Waals surface area contributed by atoms with E-state index >= 15 is 0 Å². The number of nitrogens with one attached hydrogen (secondary N) is 2. The molecule has 2 N–H and O–H groups in total. The van der Waals surface area contributed by atoms with E-state index in [9.17, 15) is 14.4 Å². The van der Waals surface area contributed by atoms with Crippen molar-refractivity contribution in [1.82, 2.24) is 5.32 Å². The van der Waals surface area contributed by atoms with Crippen LogP contribution in [0.2, 0.25) is 0 Å². The molecular weight excluding hydrogens is 368 g/mol. The highest BCUT2D eigenvalue weighted by Gasteiger charge is 2.26. The van der Waals surface area contributed by atoms with Crippen molar-refractivity contribution >= 4 is 23.5 Å². The van der Waals surface area contributed by atoms with Gasteiger partial charge >= 0.3 is 5.97 Å². The zero-order valence-corrected chi connectivity index (χ0v) is 16.4. The number of fused-ring (bicyclic) bond motifs is 2. The first kappa shape index (κ1) is 19.2. The summed E-state index contributed by atoms with van der Waals surface area (Å²) in [5.74, 6) is -0.871. The monoisotopic (exact) mass is 392 g/mol. The van der Waals surface area contributed by atoms with Crippen molar-refractivity contribution in [2.45, 2.75) is 51.2 Å². The number of esters is 1. The Kier molecular flexibility index (Phi) is 5.34. The highest BCUT2D eigenvalue weighted by molar-refractivity contribution is 5.96. The van der Waals surface area contributed by atoms with E-state index in [1.165, 1.54) is 5.56 Å². The standard InChI is InChI=1S/C23H24N2O4/c1-14(22(27)25-20-8-4-6-15-5-2-3-7-18(15)20)29-23(28)17-9-11-19-16(13-17)10-12-21(26)24-19/h2-3,5,7,9,11,13-14,20H,4,6,8,10,12H2,1H3,(H,24,26)(H,25,27)/t14-,20-/m0/s1. The van der Waals surface area contributed by atoms with Crippen molar-refractivity contribution in [3.8, 4) is 0 Å². The van der Waals surface area contributed by atoms with Crippen LogP contribution in [-0.4, -0.2) is 23.9 Å². The second kappa shape index (κ2) is 8.07. The van der Waals surface area contributed by atoms with Gasteiger partial charge in [-0.1, -0.05) is 24.3 Å². The Labute approximate surface area is 169 Å². The third-order valence-corrected chi connectivity index (χ3v) is 5.58. The fraction of sp³-hybridized carbons (Fsp3) is 0.348. The summed E-state index contributed by atoms with van der Waals surface area (Å²) in [5, 5.41) is 5.81. The molecule has 1 aliphatic heterocycles. The van der Waals surface area contributed by atoms with Crippen LogP contribution >= 0.6 is 0 Å². The smallest absolute Gasteiger partial charge is 0.338 e. The first-order chi connectivity index (χ1) is 14.0. The number of hydrogen-bond donors (Lipinski definition) is 2. The molecular formula is C23H24N2O4. The molecule has 0 fully saturated rings. The van der Waals surface area contributed by atoms with Crippen LogP contribution in [0, 0.1) is 0 Å². The minimum atomic E-state index is -0.896. The number of ether oxygens (including phenoxy) is 1. The molecule has 0 radical (unpaired) electrons. The second-order valence-electron chi connectivity index (χ2n) is 7.62. The second-order valence-corrected chi connectivity index (χ2v) is 7.62. The molecule has 29 heavy (non-hydrogen) atoms. The van der Waals surface area contributed by atoms with Gasteiger partial charge in [0.2, 0.25) is 5.91 Å². The fourth-order valence-corrected chi connectivity index (χ4v) is 3.99. The van der Waals surface area contributed by atoms with Crippen molar-refractivity contribution in [2.75, 3.05) is 5.32 Å². The predicted molar refractivity (Wildman–Crippen MR) is 109 cm³/mol. The molecule has 2 atom stereocenters. The molecule has 2 aromatic carbocycles. The first-order valence-electron chi connectivity index (χ1n) is 10.0. The van der Waals surface area contributed by atoms with E-state index < -0.39 is 12.1 Å². The van der Waals surface area contributed by atoms with Crippen LogP contribution in [0.25, 0.3) is 0 Å². The largest absolute Gasteiger partial charge is 0.449 e. The molecule has 2 aliphatic rings. The maximum Gasteiger partial charge on any atom is 0.338 e. The molecule has 0 saturated carbocycles. The summed E-state index contributed by atoms with van der Waals surface area (Å²) in [6, 6.07) is 13.1. The summed E-state index contributed by atoms with van der Waals surface area (Å²) in [6.45, 7) is 1.58. The van der Waals surface area contributed by atoms with Crippen molar-refractivity contribution in [2.24, 2.45) is 0 Å². The summed E-state index contributed by atoms with van der Waals surface area (Å²) in [4.78, 5) is 36.6. The van der Waals surface area contributed by atoms with Crippen LogP contribution in [0.4, 0.5) is 5.69 Å². The Morgan fingerprint density at radius 2 is 1.93 bits per heavy atom. The van der Waals surface area contributed by atoms with Crippen LogP contribution in [0.1, 0.15) is 59.3 Å². The van der Waals surface area contributed by atoms with Gasteiger partial charge in [0, 0.05) is 12.1 Å². The molecule has 1 heterocycles. The lowest BCUT2D eigenvalue weighted by Gasteiger charge is -2.27. The Morgan fingerprint density at radius 3 is 2.79 bits per heavy atom. The molecule has 150 valence electrons. The average molecular weight is 392 g/mol. The highest BCUT2D eigenvalue weighted by atomic mass is 16.5. The van der Waals surface area contributed by atoms with Gasteiger partial charge < -0.3 is 15.4 Å². The Balaban J connectivity index is 1.39. The van der Waals surface area contributed by atoms with Gasteiger partial charge in [0.25, 0.3) is 5.91 Å². The lowest BCUT2D eigenvalue weighted by molar-refractivity contribution is -0.130. The van der Waals surface area contributed by atoms with Crippen LogP contribution in [0.5, 0.6) is 0 Å². The van der Waals surface area contributed by atoms with E-state index in [0.717, 1.165) is 36.1 Å². The van der Waals surface area contributed by atoms with Crippen molar-refractivity contribution in [1.29, 1.82) is 0 Å². The molecule has 6 heteroatoms. The minimum Gasteiger partial charge on any atom is -0.449 e. The Morgan fingerprint density at radius 1 is 1.10 bits per heavy atom. The van der Waals surface area contributed by atoms with Gasteiger partial charge in [0.05, 0.1) is 11.6 Å². The molecule has 1 aliphatic carbocycles. The Bertz CT molecular complexity index is 969. The topological polar surface area (TPSA) is 84.5 Å². The number of rotatable bonds is 4. The third kappa shape index (κ3) is 4.16. The molecule has 6 nitrogen and oxygen atoms in total. The summed E-state index contributed by atoms with van der Waals surface area (Å²) in [7, 11) is 0. The number of carbonyl (C=O) groups is 3. The molecule has 0 aromatic heterocycles. The number of amides is 2. The quantitative estimate of drug-likeness (QED) is 0.782. The maximum absolute atomic E-state index is 12.6. The molecule has 0 saturated heterocycles. The molecule has 4 rings (SSSR count). The van der Waals surface area contributed by atoms with Gasteiger partial charge in [-0.05, 0) is 67.5 Å². The molecule has 2 amide bonds. The van der Waals surface area contributed by atoms with Crippen LogP contribution in [-0.2, 0) is 27.2 Å². The van der Waals surface area contributed by atoms with E-state index in [-0.39, 0.29) is 17.9 Å². The lowest BCUT2D eigenvalue weighted by Crippen LogP contribution is -2.39. The van der Waals surface area contributed by atoms with Crippen molar-refractivity contribution in [3.63, 3.8) is 0 Å². The van der Waals surface area contributed by atoms with E-state index in [0.29, 0.717) is 18.4 Å². The van der Waals surface area contributed by atoms with Gasteiger partial charge in [-0.2, -0.15) is 0 Å². The minimum absolute atomic E-state index is 0.0255. The number of anilines is 1. The van der Waals surface area contributed by atoms with E-state index in [1.54, 1.807) is 25.1 Å². The number of carbonyl (C=O) groups excluding carboxylic acids is 3. The molecule has 0 bridgehead atoms. The lowest BCUT2D eigenvalue weighted by atomic mass is 9.87. The van der Waals surface area contributed by atoms with Gasteiger partial charge in [-0.15, -0.1) is 0 Å². The van der Waals surface area contributed by atoms with E-state index in [4.69, 9.17) is 4.74 Å². The zero-order valence-electron chi connectivity index (χ0n) is 16.4. The van der Waals surface area contributed by atoms with Gasteiger partial charge in [-0.3, -0.25) is 9.59 Å². The zero-order chi connectivity index (χ0) is 20.4. The molecule has 0 spiro atoms. The summed E-state index contributed by atoms with van der Waals surface area (Å²) >= 11 is 0. The number of hydrogen-bond acceptors (Lipinski definition) is 4. The normalized spacial score (nSPS) is 18.7. The number of benzene rings is 2. The number of aryl methyl sites for hydroxylation is 2. The van der Waals surface area contributed by atoms with Gasteiger partial charge in [-0.25, -0.2) is 4.79 Å². The first-order valence-corrected chi connectivity index (χ1v) is 10.0. The summed E-state index contributed by atoms with van der Waals surface area (Å²) in [5.41, 5.74) is 4.40. The van der Waals surface area contributed by atoms with Crippen molar-refractivity contribution in [3.05, 3.63) is 64.7 Å². The molecule has 0 unspecified atom stereocenters. The highest BCUT2D eigenvalue weighted by Crippen LogP contribution is 2.29. The van der Waals surface area contributed by atoms with Crippen molar-refractivity contribution < 1.29 is 19.1 Å². The van der Waals surface area contributed by atoms with Crippen LogP contribution in [0.3, 0.4) is 0 Å². The van der Waals surface area contributed by atoms with Crippen LogP contribution < -0.4 is 10.6 Å². The van der Waals surface area contributed by atoms with Crippen LogP contribution in [0.15, 0.2) is 42.5 Å². The van der Waals surface area contributed by atoms with Gasteiger partial charge in [0.1, 0.15) is 0 Å². The fourth-order valence-electron chi connectivity index (χ4n) is 3.99. The van der Waals surface area contributed by atoms with E-state index in [2.05, 4.69) is 16.7 Å². The van der Waals surface area contributed by atoms with Gasteiger partial charge in [0.15, 0.2) is 6.10 Å². The molecule has 2 aromatic rings.